The highest BCUT2D eigenvalue weighted by atomic mass is 16.6. The first-order chi connectivity index (χ1) is 12.6. The van der Waals surface area contributed by atoms with E-state index >= 15 is 0 Å². The van der Waals surface area contributed by atoms with E-state index in [2.05, 4.69) is 6.92 Å². The smallest absolute Gasteiger partial charge is 0.352 e. The molecule has 4 nitrogen and oxygen atoms in total. The van der Waals surface area contributed by atoms with Crippen molar-refractivity contribution in [3.63, 3.8) is 0 Å². The highest BCUT2D eigenvalue weighted by Crippen LogP contribution is 2.19. The van der Waals surface area contributed by atoms with Gasteiger partial charge in [0.15, 0.2) is 0 Å². The molecule has 0 N–H and O–H groups in total. The van der Waals surface area contributed by atoms with Crippen molar-refractivity contribution in [1.82, 2.24) is 0 Å². The first kappa shape index (κ1) is 22.2. The van der Waals surface area contributed by atoms with Gasteiger partial charge in [-0.3, -0.25) is 4.79 Å². The predicted octanol–water partition coefficient (Wildman–Crippen LogP) is 5.75. The highest BCUT2D eigenvalue weighted by Gasteiger charge is 2.25. The zero-order valence-corrected chi connectivity index (χ0v) is 16.4. The molecule has 0 aliphatic heterocycles. The Morgan fingerprint density at radius 1 is 0.846 bits per heavy atom. The molecular formula is C22H34O4. The lowest BCUT2D eigenvalue weighted by atomic mass is 10.1. The molecular weight excluding hydrogens is 328 g/mol. The van der Waals surface area contributed by atoms with Crippen LogP contribution in [0.15, 0.2) is 30.3 Å². The maximum Gasteiger partial charge on any atom is 0.352 e. The number of carbonyl (C=O) groups excluding carboxylic acids is 2. The molecule has 0 aromatic heterocycles. The summed E-state index contributed by atoms with van der Waals surface area (Å²) in [4.78, 5) is 23.5. The van der Waals surface area contributed by atoms with Crippen LogP contribution in [0, 0.1) is 0 Å². The fourth-order valence-electron chi connectivity index (χ4n) is 2.88. The third kappa shape index (κ3) is 10.2. The molecule has 0 saturated heterocycles. The lowest BCUT2D eigenvalue weighted by molar-refractivity contribution is -0.167. The van der Waals surface area contributed by atoms with Gasteiger partial charge in [-0.1, -0.05) is 95.0 Å². The fraction of sp³-hybridized carbons (Fsp3) is 0.636. The van der Waals surface area contributed by atoms with E-state index in [-0.39, 0.29) is 0 Å². The Morgan fingerprint density at radius 2 is 1.38 bits per heavy atom. The highest BCUT2D eigenvalue weighted by molar-refractivity contribution is 5.80. The number of benzene rings is 1. The van der Waals surface area contributed by atoms with Crippen molar-refractivity contribution in [2.45, 2.75) is 84.2 Å². The molecule has 0 radical (unpaired) electrons. The largest absolute Gasteiger partial charge is 0.463 e. The molecule has 146 valence electrons. The lowest BCUT2D eigenvalue weighted by Gasteiger charge is -2.16. The van der Waals surface area contributed by atoms with Crippen LogP contribution in [0.2, 0.25) is 0 Å². The van der Waals surface area contributed by atoms with E-state index in [0.29, 0.717) is 12.2 Å². The number of rotatable bonds is 14. The Labute approximate surface area is 158 Å². The maximum absolute atomic E-state index is 12.2. The normalized spacial score (nSPS) is 11.8. The summed E-state index contributed by atoms with van der Waals surface area (Å²) in [5, 5.41) is 0. The molecule has 26 heavy (non-hydrogen) atoms. The third-order valence-corrected chi connectivity index (χ3v) is 4.34. The molecule has 0 bridgehead atoms. The Hall–Kier alpha value is -1.84. The minimum Gasteiger partial charge on any atom is -0.463 e. The molecule has 1 unspecified atom stereocenters. The van der Waals surface area contributed by atoms with Gasteiger partial charge in [0.2, 0.25) is 6.10 Å². The van der Waals surface area contributed by atoms with Gasteiger partial charge in [-0.05, 0) is 6.42 Å². The molecule has 0 aliphatic carbocycles. The summed E-state index contributed by atoms with van der Waals surface area (Å²) in [6.07, 6.45) is 11.3. The summed E-state index contributed by atoms with van der Waals surface area (Å²) in [5.41, 5.74) is 0.635. The second-order valence-electron chi connectivity index (χ2n) is 6.75. The molecule has 0 spiro atoms. The molecule has 1 rings (SSSR count). The van der Waals surface area contributed by atoms with Gasteiger partial charge in [0.25, 0.3) is 0 Å². The van der Waals surface area contributed by atoms with E-state index in [1.165, 1.54) is 58.3 Å². The number of hydrogen-bond acceptors (Lipinski definition) is 4. The number of carbonyl (C=O) groups is 2. The number of unbranched alkanes of at least 4 members (excludes halogenated alkanes) is 9. The SMILES string of the molecule is CCCCCCCCCCCCOC(=O)C(OC(C)=O)c1ccccc1. The Kier molecular flexibility index (Phi) is 12.2. The zero-order valence-electron chi connectivity index (χ0n) is 16.4. The topological polar surface area (TPSA) is 52.6 Å². The molecule has 1 aromatic carbocycles. The van der Waals surface area contributed by atoms with E-state index in [4.69, 9.17) is 9.47 Å². The maximum atomic E-state index is 12.2. The van der Waals surface area contributed by atoms with Gasteiger partial charge in [0, 0.05) is 12.5 Å². The van der Waals surface area contributed by atoms with Crippen LogP contribution in [0.25, 0.3) is 0 Å². The minimum absolute atomic E-state index is 0.375. The predicted molar refractivity (Wildman–Crippen MR) is 104 cm³/mol. The van der Waals surface area contributed by atoms with Crippen molar-refractivity contribution in [3.8, 4) is 0 Å². The molecule has 1 atom stereocenters. The van der Waals surface area contributed by atoms with Crippen molar-refractivity contribution in [2.24, 2.45) is 0 Å². The van der Waals surface area contributed by atoms with E-state index in [1.807, 2.05) is 6.07 Å². The second-order valence-corrected chi connectivity index (χ2v) is 6.75. The molecule has 0 amide bonds. The summed E-state index contributed by atoms with van der Waals surface area (Å²) >= 11 is 0. The van der Waals surface area contributed by atoms with Crippen molar-refractivity contribution in [2.75, 3.05) is 6.61 Å². The quantitative estimate of drug-likeness (QED) is 0.312. The van der Waals surface area contributed by atoms with Gasteiger partial charge in [0.05, 0.1) is 6.61 Å². The van der Waals surface area contributed by atoms with Crippen LogP contribution in [0.3, 0.4) is 0 Å². The van der Waals surface area contributed by atoms with E-state index < -0.39 is 18.0 Å². The molecule has 0 heterocycles. The zero-order chi connectivity index (χ0) is 19.0. The summed E-state index contributed by atoms with van der Waals surface area (Å²) in [6, 6.07) is 8.98. The average Bonchev–Trinajstić information content (AvgIpc) is 2.64. The Bertz CT molecular complexity index is 498. The number of hydrogen-bond donors (Lipinski definition) is 0. The Balaban J connectivity index is 2.16. The van der Waals surface area contributed by atoms with Crippen LogP contribution in [0.1, 0.15) is 89.7 Å². The van der Waals surface area contributed by atoms with Crippen LogP contribution < -0.4 is 0 Å². The third-order valence-electron chi connectivity index (χ3n) is 4.34. The van der Waals surface area contributed by atoms with Crippen LogP contribution in [0.4, 0.5) is 0 Å². The van der Waals surface area contributed by atoms with Gasteiger partial charge in [0.1, 0.15) is 0 Å². The fourth-order valence-corrected chi connectivity index (χ4v) is 2.88. The summed E-state index contributed by atoms with van der Waals surface area (Å²) in [7, 11) is 0. The van der Waals surface area contributed by atoms with E-state index in [0.717, 1.165) is 12.8 Å². The molecule has 4 heteroatoms. The van der Waals surface area contributed by atoms with Crippen LogP contribution in [-0.2, 0) is 19.1 Å². The van der Waals surface area contributed by atoms with E-state index in [9.17, 15) is 9.59 Å². The number of esters is 2. The van der Waals surface area contributed by atoms with Gasteiger partial charge in [-0.15, -0.1) is 0 Å². The molecule has 1 aromatic rings. The summed E-state index contributed by atoms with van der Waals surface area (Å²) in [5.74, 6) is -0.989. The minimum atomic E-state index is -0.975. The van der Waals surface area contributed by atoms with Crippen molar-refractivity contribution in [3.05, 3.63) is 35.9 Å². The standard InChI is InChI=1S/C22H34O4/c1-3-4-5-6-7-8-9-10-11-15-18-25-22(24)21(26-19(2)23)20-16-13-12-14-17-20/h12-14,16-17,21H,3-11,15,18H2,1-2H3. The van der Waals surface area contributed by atoms with Crippen molar-refractivity contribution in [1.29, 1.82) is 0 Å². The monoisotopic (exact) mass is 362 g/mol. The number of ether oxygens (including phenoxy) is 2. The summed E-state index contributed by atoms with van der Waals surface area (Å²) in [6.45, 7) is 3.91. The van der Waals surface area contributed by atoms with Gasteiger partial charge < -0.3 is 9.47 Å². The van der Waals surface area contributed by atoms with Crippen LogP contribution >= 0.6 is 0 Å². The average molecular weight is 363 g/mol. The van der Waals surface area contributed by atoms with Gasteiger partial charge in [-0.2, -0.15) is 0 Å². The van der Waals surface area contributed by atoms with Gasteiger partial charge in [-0.25, -0.2) is 4.79 Å². The first-order valence-corrected chi connectivity index (χ1v) is 10.0. The van der Waals surface area contributed by atoms with Crippen molar-refractivity contribution < 1.29 is 19.1 Å². The van der Waals surface area contributed by atoms with Gasteiger partial charge >= 0.3 is 11.9 Å². The molecule has 0 fully saturated rings. The Morgan fingerprint density at radius 3 is 1.92 bits per heavy atom. The lowest BCUT2D eigenvalue weighted by Crippen LogP contribution is -2.21. The second kappa shape index (κ2) is 14.3. The molecule has 0 saturated carbocycles. The van der Waals surface area contributed by atoms with Crippen molar-refractivity contribution >= 4 is 11.9 Å². The van der Waals surface area contributed by atoms with Crippen LogP contribution in [0.5, 0.6) is 0 Å². The molecule has 0 aliphatic rings. The van der Waals surface area contributed by atoms with Crippen LogP contribution in [-0.4, -0.2) is 18.5 Å². The van der Waals surface area contributed by atoms with E-state index in [1.54, 1.807) is 24.3 Å². The summed E-state index contributed by atoms with van der Waals surface area (Å²) < 4.78 is 10.5. The first-order valence-electron chi connectivity index (χ1n) is 10.0.